The highest BCUT2D eigenvalue weighted by Crippen LogP contribution is 2.13. The highest BCUT2D eigenvalue weighted by Gasteiger charge is 2.15. The molecule has 0 saturated carbocycles. The summed E-state index contributed by atoms with van der Waals surface area (Å²) in [4.78, 5) is 23.3. The van der Waals surface area contributed by atoms with Gasteiger partial charge in [-0.05, 0) is 55.7 Å². The van der Waals surface area contributed by atoms with Gasteiger partial charge in [-0.25, -0.2) is 27.2 Å². The van der Waals surface area contributed by atoms with Crippen molar-refractivity contribution in [2.45, 2.75) is 19.3 Å². The van der Waals surface area contributed by atoms with Gasteiger partial charge in [0.2, 0.25) is 0 Å². The lowest BCUT2D eigenvalue weighted by Gasteiger charge is -2.07. The number of hydrogen-bond acceptors (Lipinski definition) is 4. The molecule has 8 heteroatoms. The van der Waals surface area contributed by atoms with Crippen LogP contribution in [-0.2, 0) is 9.47 Å². The monoisotopic (exact) mass is 384 g/mol. The molecule has 0 atom stereocenters. The van der Waals surface area contributed by atoms with E-state index in [2.05, 4.69) is 0 Å². The largest absolute Gasteiger partial charge is 0.462 e. The predicted octanol–water partition coefficient (Wildman–Crippen LogP) is 4.43. The molecule has 0 bridgehead atoms. The van der Waals surface area contributed by atoms with Gasteiger partial charge in [0.1, 0.15) is 23.3 Å². The van der Waals surface area contributed by atoms with E-state index in [0.717, 1.165) is 36.4 Å². The number of halogens is 4. The summed E-state index contributed by atoms with van der Waals surface area (Å²) < 4.78 is 62.5. The predicted molar refractivity (Wildman–Crippen MR) is 87.1 cm³/mol. The molecule has 0 aliphatic rings. The van der Waals surface area contributed by atoms with Crippen molar-refractivity contribution in [3.63, 3.8) is 0 Å². The average Bonchev–Trinajstić information content (AvgIpc) is 2.64. The molecule has 0 spiro atoms. The third-order valence-corrected chi connectivity index (χ3v) is 3.55. The molecule has 0 aliphatic carbocycles. The Labute approximate surface area is 152 Å². The molecule has 144 valence electrons. The fourth-order valence-corrected chi connectivity index (χ4v) is 2.17. The Morgan fingerprint density at radius 3 is 1.48 bits per heavy atom. The van der Waals surface area contributed by atoms with Gasteiger partial charge in [-0.2, -0.15) is 0 Å². The number of carbonyl (C=O) groups is 2. The van der Waals surface area contributed by atoms with Crippen molar-refractivity contribution in [1.82, 2.24) is 0 Å². The molecule has 0 amide bonds. The van der Waals surface area contributed by atoms with Crippen LogP contribution in [0.1, 0.15) is 40.0 Å². The number of ether oxygens (including phenoxy) is 2. The van der Waals surface area contributed by atoms with E-state index in [9.17, 15) is 27.2 Å². The fourth-order valence-electron chi connectivity index (χ4n) is 2.17. The number of carbonyl (C=O) groups excluding carboxylic acids is 2. The second-order valence-electron chi connectivity index (χ2n) is 5.58. The number of unbranched alkanes of at least 4 members (excludes halogenated alkanes) is 2. The molecule has 0 unspecified atom stereocenters. The van der Waals surface area contributed by atoms with E-state index in [1.54, 1.807) is 0 Å². The van der Waals surface area contributed by atoms with Gasteiger partial charge >= 0.3 is 11.9 Å². The van der Waals surface area contributed by atoms with Crippen LogP contribution in [0, 0.1) is 23.3 Å². The smallest absolute Gasteiger partial charge is 0.341 e. The molecule has 0 saturated heterocycles. The zero-order chi connectivity index (χ0) is 19.8. The number of esters is 2. The topological polar surface area (TPSA) is 52.6 Å². The zero-order valence-corrected chi connectivity index (χ0v) is 14.1. The van der Waals surface area contributed by atoms with E-state index in [-0.39, 0.29) is 13.2 Å². The second-order valence-corrected chi connectivity index (χ2v) is 5.58. The maximum Gasteiger partial charge on any atom is 0.341 e. The average molecular weight is 384 g/mol. The lowest BCUT2D eigenvalue weighted by Crippen LogP contribution is -2.10. The molecule has 0 fully saturated rings. The zero-order valence-electron chi connectivity index (χ0n) is 14.1. The third kappa shape index (κ3) is 6.09. The Hall–Kier alpha value is -2.90. The summed E-state index contributed by atoms with van der Waals surface area (Å²) in [5.41, 5.74) is -0.970. The van der Waals surface area contributed by atoms with Crippen molar-refractivity contribution in [2.75, 3.05) is 13.2 Å². The molecule has 0 aliphatic heterocycles. The standard InChI is InChI=1S/C19H16F4O4/c20-12-4-6-16(22)14(10-12)18(24)26-8-2-1-3-9-27-19(25)15-11-13(21)5-7-17(15)23/h4-7,10-11H,1-3,8-9H2. The van der Waals surface area contributed by atoms with E-state index in [1.165, 1.54) is 0 Å². The van der Waals surface area contributed by atoms with Crippen molar-refractivity contribution in [1.29, 1.82) is 0 Å². The van der Waals surface area contributed by atoms with Crippen LogP contribution in [0.4, 0.5) is 17.6 Å². The highest BCUT2D eigenvalue weighted by atomic mass is 19.1. The van der Waals surface area contributed by atoms with Crippen molar-refractivity contribution in [3.8, 4) is 0 Å². The van der Waals surface area contributed by atoms with Gasteiger partial charge in [0.15, 0.2) is 0 Å². The first-order valence-electron chi connectivity index (χ1n) is 8.13. The van der Waals surface area contributed by atoms with Gasteiger partial charge < -0.3 is 9.47 Å². The molecule has 2 rings (SSSR count). The van der Waals surface area contributed by atoms with E-state index >= 15 is 0 Å². The van der Waals surface area contributed by atoms with Gasteiger partial charge in [0.25, 0.3) is 0 Å². The molecule has 2 aromatic carbocycles. The van der Waals surface area contributed by atoms with Crippen LogP contribution >= 0.6 is 0 Å². The van der Waals surface area contributed by atoms with Gasteiger partial charge in [0, 0.05) is 0 Å². The molecule has 0 aromatic heterocycles. The van der Waals surface area contributed by atoms with E-state index in [4.69, 9.17) is 9.47 Å². The van der Waals surface area contributed by atoms with Crippen molar-refractivity contribution >= 4 is 11.9 Å². The first-order chi connectivity index (χ1) is 12.9. The fraction of sp³-hybridized carbons (Fsp3) is 0.263. The molecule has 27 heavy (non-hydrogen) atoms. The van der Waals surface area contributed by atoms with Crippen LogP contribution < -0.4 is 0 Å². The summed E-state index contributed by atoms with van der Waals surface area (Å²) in [6.45, 7) is -0.0531. The van der Waals surface area contributed by atoms with Crippen molar-refractivity contribution < 1.29 is 36.6 Å². The minimum absolute atomic E-state index is 0.0265. The minimum Gasteiger partial charge on any atom is -0.462 e. The van der Waals surface area contributed by atoms with Crippen molar-refractivity contribution in [2.24, 2.45) is 0 Å². The highest BCUT2D eigenvalue weighted by molar-refractivity contribution is 5.90. The summed E-state index contributed by atoms with van der Waals surface area (Å²) >= 11 is 0. The normalized spacial score (nSPS) is 10.5. The SMILES string of the molecule is O=C(OCCCCCOC(=O)c1cc(F)ccc1F)c1cc(F)ccc1F. The van der Waals surface area contributed by atoms with Crippen LogP contribution in [0.3, 0.4) is 0 Å². The molecule has 4 nitrogen and oxygen atoms in total. The van der Waals surface area contributed by atoms with E-state index < -0.39 is 46.3 Å². The summed E-state index contributed by atoms with van der Waals surface area (Å²) in [5, 5.41) is 0. The molecular formula is C19H16F4O4. The van der Waals surface area contributed by atoms with Gasteiger partial charge in [0.05, 0.1) is 24.3 Å². The van der Waals surface area contributed by atoms with E-state index in [0.29, 0.717) is 19.3 Å². The third-order valence-electron chi connectivity index (χ3n) is 3.55. The summed E-state index contributed by atoms with van der Waals surface area (Å²) in [6.07, 6.45) is 1.29. The Kier molecular flexibility index (Phi) is 7.34. The van der Waals surface area contributed by atoms with Crippen LogP contribution in [0.15, 0.2) is 36.4 Å². The number of hydrogen-bond donors (Lipinski definition) is 0. The summed E-state index contributed by atoms with van der Waals surface area (Å²) in [5.74, 6) is -5.20. The molecular weight excluding hydrogens is 368 g/mol. The lowest BCUT2D eigenvalue weighted by molar-refractivity contribution is 0.0472. The lowest BCUT2D eigenvalue weighted by atomic mass is 10.2. The Bertz CT molecular complexity index is 756. The number of benzene rings is 2. The maximum absolute atomic E-state index is 13.4. The second kappa shape index (κ2) is 9.70. The van der Waals surface area contributed by atoms with Crippen LogP contribution in [0.2, 0.25) is 0 Å². The molecule has 0 heterocycles. The summed E-state index contributed by atoms with van der Waals surface area (Å²) in [7, 11) is 0. The molecule has 2 aromatic rings. The Morgan fingerprint density at radius 1 is 0.667 bits per heavy atom. The van der Waals surface area contributed by atoms with Gasteiger partial charge in [-0.15, -0.1) is 0 Å². The van der Waals surface area contributed by atoms with Crippen molar-refractivity contribution in [3.05, 3.63) is 70.8 Å². The molecule has 0 N–H and O–H groups in total. The van der Waals surface area contributed by atoms with Gasteiger partial charge in [-0.1, -0.05) is 0 Å². The van der Waals surface area contributed by atoms with Gasteiger partial charge in [-0.3, -0.25) is 0 Å². The van der Waals surface area contributed by atoms with Crippen LogP contribution in [0.25, 0.3) is 0 Å². The molecule has 0 radical (unpaired) electrons. The first kappa shape index (κ1) is 20.4. The maximum atomic E-state index is 13.4. The number of rotatable bonds is 8. The Balaban J connectivity index is 1.65. The quantitative estimate of drug-likeness (QED) is 0.384. The van der Waals surface area contributed by atoms with Crippen LogP contribution in [-0.4, -0.2) is 25.2 Å². The summed E-state index contributed by atoms with van der Waals surface area (Å²) in [6, 6.07) is 4.96. The first-order valence-corrected chi connectivity index (χ1v) is 8.13. The van der Waals surface area contributed by atoms with E-state index in [1.807, 2.05) is 0 Å². The van der Waals surface area contributed by atoms with Crippen LogP contribution in [0.5, 0.6) is 0 Å². The Morgan fingerprint density at radius 2 is 1.07 bits per heavy atom. The minimum atomic E-state index is -0.972.